The molecule has 1 rings (SSSR count). The van der Waals surface area contributed by atoms with Gasteiger partial charge in [0.2, 0.25) is 0 Å². The van der Waals surface area contributed by atoms with Gasteiger partial charge in [0.1, 0.15) is 0 Å². The predicted molar refractivity (Wildman–Crippen MR) is 53.6 cm³/mol. The van der Waals surface area contributed by atoms with Crippen molar-refractivity contribution in [1.29, 1.82) is 0 Å². The second-order valence-corrected chi connectivity index (χ2v) is 4.75. The summed E-state index contributed by atoms with van der Waals surface area (Å²) in [4.78, 5) is 4.26. The second kappa shape index (κ2) is 3.18. The lowest BCUT2D eigenvalue weighted by Crippen LogP contribution is -2.45. The van der Waals surface area contributed by atoms with Gasteiger partial charge in [0.05, 0.1) is 12.1 Å². The van der Waals surface area contributed by atoms with E-state index in [0.717, 1.165) is 12.8 Å². The minimum atomic E-state index is -0.262. The highest BCUT2D eigenvalue weighted by atomic mass is 16.3. The zero-order valence-corrected chi connectivity index (χ0v) is 8.59. The highest BCUT2D eigenvalue weighted by molar-refractivity contribution is 5.79. The third kappa shape index (κ3) is 3.22. The number of hydrogen-bond acceptors (Lipinski definition) is 2. The van der Waals surface area contributed by atoms with Crippen LogP contribution in [0.15, 0.2) is 4.99 Å². The van der Waals surface area contributed by atoms with Gasteiger partial charge in [0, 0.05) is 5.54 Å². The summed E-state index contributed by atoms with van der Waals surface area (Å²) < 4.78 is 0. The van der Waals surface area contributed by atoms with Crippen molar-refractivity contribution in [3.05, 3.63) is 0 Å². The fourth-order valence-electron chi connectivity index (χ4n) is 1.12. The number of rotatable bonds is 2. The molecule has 0 spiro atoms. The van der Waals surface area contributed by atoms with Gasteiger partial charge in [-0.25, -0.2) is 4.99 Å². The van der Waals surface area contributed by atoms with Gasteiger partial charge in [0.15, 0.2) is 5.96 Å². The summed E-state index contributed by atoms with van der Waals surface area (Å²) in [5.41, 5.74) is 5.36. The maximum Gasteiger partial charge on any atom is 0.189 e. The average Bonchev–Trinajstić information content (AvgIpc) is 2.65. The zero-order chi connectivity index (χ0) is 10.1. The molecule has 0 heterocycles. The molecule has 13 heavy (non-hydrogen) atoms. The highest BCUT2D eigenvalue weighted by Gasteiger charge is 2.42. The van der Waals surface area contributed by atoms with Crippen LogP contribution in [-0.2, 0) is 0 Å². The largest absolute Gasteiger partial charge is 0.394 e. The predicted octanol–water partition coefficient (Wildman–Crippen LogP) is 0.214. The van der Waals surface area contributed by atoms with Gasteiger partial charge in [0.25, 0.3) is 0 Å². The lowest BCUT2D eigenvalue weighted by atomic mass is 10.1. The number of nitrogens with one attached hydrogen (secondary N) is 1. The molecule has 0 saturated heterocycles. The van der Waals surface area contributed by atoms with Crippen molar-refractivity contribution in [2.24, 2.45) is 10.7 Å². The van der Waals surface area contributed by atoms with Crippen molar-refractivity contribution in [3.63, 3.8) is 0 Å². The Labute approximate surface area is 79.2 Å². The maximum absolute atomic E-state index is 9.01. The molecule has 4 nitrogen and oxygen atoms in total. The fourth-order valence-corrected chi connectivity index (χ4v) is 1.12. The first-order valence-corrected chi connectivity index (χ1v) is 4.61. The molecule has 0 atom stereocenters. The molecule has 0 amide bonds. The van der Waals surface area contributed by atoms with Crippen molar-refractivity contribution in [2.45, 2.75) is 44.7 Å². The molecule has 0 aromatic carbocycles. The minimum Gasteiger partial charge on any atom is -0.394 e. The SMILES string of the molecule is CC(C)(C)NC(N)=NC1(CO)CC1. The Bertz CT molecular complexity index is 213. The van der Waals surface area contributed by atoms with E-state index in [4.69, 9.17) is 10.8 Å². The lowest BCUT2D eigenvalue weighted by Gasteiger charge is -2.22. The summed E-state index contributed by atoms with van der Waals surface area (Å²) in [5.74, 6) is 0.430. The van der Waals surface area contributed by atoms with E-state index in [9.17, 15) is 0 Å². The van der Waals surface area contributed by atoms with Gasteiger partial charge in [-0.3, -0.25) is 0 Å². The molecule has 4 N–H and O–H groups in total. The summed E-state index contributed by atoms with van der Waals surface area (Å²) in [6.45, 7) is 6.16. The van der Waals surface area contributed by atoms with Crippen LogP contribution in [0.25, 0.3) is 0 Å². The topological polar surface area (TPSA) is 70.6 Å². The van der Waals surface area contributed by atoms with Gasteiger partial charge < -0.3 is 16.2 Å². The van der Waals surface area contributed by atoms with Crippen molar-refractivity contribution < 1.29 is 5.11 Å². The summed E-state index contributed by atoms with van der Waals surface area (Å²) in [5, 5.41) is 12.1. The molecule has 1 aliphatic carbocycles. The van der Waals surface area contributed by atoms with Gasteiger partial charge in [-0.15, -0.1) is 0 Å². The third-order valence-corrected chi connectivity index (χ3v) is 1.98. The fraction of sp³-hybridized carbons (Fsp3) is 0.889. The van der Waals surface area contributed by atoms with Crippen LogP contribution in [0.4, 0.5) is 0 Å². The average molecular weight is 185 g/mol. The Hall–Kier alpha value is -0.770. The molecule has 0 radical (unpaired) electrons. The second-order valence-electron chi connectivity index (χ2n) is 4.75. The van der Waals surface area contributed by atoms with Crippen LogP contribution in [0.3, 0.4) is 0 Å². The third-order valence-electron chi connectivity index (χ3n) is 1.98. The Morgan fingerprint density at radius 1 is 1.54 bits per heavy atom. The first kappa shape index (κ1) is 10.3. The van der Waals surface area contributed by atoms with Crippen LogP contribution in [0.1, 0.15) is 33.6 Å². The van der Waals surface area contributed by atoms with Crippen LogP contribution >= 0.6 is 0 Å². The number of aliphatic hydroxyl groups excluding tert-OH is 1. The van der Waals surface area contributed by atoms with E-state index in [1.165, 1.54) is 0 Å². The Balaban J connectivity index is 2.52. The smallest absolute Gasteiger partial charge is 0.189 e. The van der Waals surface area contributed by atoms with Crippen LogP contribution < -0.4 is 11.1 Å². The van der Waals surface area contributed by atoms with E-state index in [1.807, 2.05) is 20.8 Å². The van der Waals surface area contributed by atoms with E-state index in [0.29, 0.717) is 5.96 Å². The van der Waals surface area contributed by atoms with Gasteiger partial charge in [-0.2, -0.15) is 0 Å². The molecule has 1 aliphatic rings. The normalized spacial score (nSPS) is 21.4. The van der Waals surface area contributed by atoms with Crippen LogP contribution in [0, 0.1) is 0 Å². The number of guanidine groups is 1. The first-order chi connectivity index (χ1) is 5.87. The van der Waals surface area contributed by atoms with Gasteiger partial charge in [-0.1, -0.05) is 0 Å². The lowest BCUT2D eigenvalue weighted by molar-refractivity contribution is 0.257. The standard InChI is InChI=1S/C9H19N3O/c1-8(2,3)11-7(10)12-9(6-13)4-5-9/h13H,4-6H2,1-3H3,(H3,10,11,12). The van der Waals surface area contributed by atoms with Gasteiger partial charge in [-0.05, 0) is 33.6 Å². The molecule has 76 valence electrons. The van der Waals surface area contributed by atoms with E-state index in [-0.39, 0.29) is 17.7 Å². The van der Waals surface area contributed by atoms with Crippen LogP contribution in [0.2, 0.25) is 0 Å². The number of nitrogens with two attached hydrogens (primary N) is 1. The molecule has 0 aromatic heterocycles. The van der Waals surface area contributed by atoms with Crippen molar-refractivity contribution in [3.8, 4) is 0 Å². The van der Waals surface area contributed by atoms with Crippen LogP contribution in [-0.4, -0.2) is 28.8 Å². The van der Waals surface area contributed by atoms with E-state index >= 15 is 0 Å². The zero-order valence-electron chi connectivity index (χ0n) is 8.59. The number of hydrogen-bond donors (Lipinski definition) is 3. The van der Waals surface area contributed by atoms with Crippen molar-refractivity contribution in [1.82, 2.24) is 5.32 Å². The molecule has 4 heteroatoms. The molecule has 0 bridgehead atoms. The maximum atomic E-state index is 9.01. The van der Waals surface area contributed by atoms with E-state index in [1.54, 1.807) is 0 Å². The Morgan fingerprint density at radius 2 is 2.08 bits per heavy atom. The number of aliphatic imine (C=N–C) groups is 1. The minimum absolute atomic E-state index is 0.0703. The van der Waals surface area contributed by atoms with Crippen molar-refractivity contribution in [2.75, 3.05) is 6.61 Å². The molecule has 1 fully saturated rings. The Morgan fingerprint density at radius 3 is 2.38 bits per heavy atom. The van der Waals surface area contributed by atoms with Gasteiger partial charge >= 0.3 is 0 Å². The molecule has 1 saturated carbocycles. The Kier molecular flexibility index (Phi) is 2.52. The molecule has 0 aliphatic heterocycles. The number of nitrogens with zero attached hydrogens (tertiary/aromatic N) is 1. The van der Waals surface area contributed by atoms with E-state index < -0.39 is 0 Å². The van der Waals surface area contributed by atoms with E-state index in [2.05, 4.69) is 10.3 Å². The molecule has 0 unspecified atom stereocenters. The molecular formula is C9H19N3O. The summed E-state index contributed by atoms with van der Waals surface area (Å²) in [6.07, 6.45) is 1.88. The summed E-state index contributed by atoms with van der Waals surface area (Å²) >= 11 is 0. The molecule has 0 aromatic rings. The van der Waals surface area contributed by atoms with Crippen molar-refractivity contribution >= 4 is 5.96 Å². The summed E-state index contributed by atoms with van der Waals surface area (Å²) in [6, 6.07) is 0. The quantitative estimate of drug-likeness (QED) is 0.425. The molecular weight excluding hydrogens is 166 g/mol. The highest BCUT2D eigenvalue weighted by Crippen LogP contribution is 2.38. The first-order valence-electron chi connectivity index (χ1n) is 4.61. The summed E-state index contributed by atoms with van der Waals surface area (Å²) in [7, 11) is 0. The number of aliphatic hydroxyl groups is 1. The monoisotopic (exact) mass is 185 g/mol. The van der Waals surface area contributed by atoms with Crippen LogP contribution in [0.5, 0.6) is 0 Å².